The zero-order valence-corrected chi connectivity index (χ0v) is 7.71. The van der Waals surface area contributed by atoms with Crippen LogP contribution in [0.25, 0.3) is 0 Å². The molecule has 0 aromatic rings. The van der Waals surface area contributed by atoms with Crippen molar-refractivity contribution in [2.45, 2.75) is 19.8 Å². The van der Waals surface area contributed by atoms with Crippen LogP contribution in [0.3, 0.4) is 0 Å². The van der Waals surface area contributed by atoms with Gasteiger partial charge < -0.3 is 0 Å². The van der Waals surface area contributed by atoms with Crippen LogP contribution in [-0.4, -0.2) is 17.8 Å². The Kier molecular flexibility index (Phi) is 2.39. The Hall–Kier alpha value is 0.110. The molecule has 0 aliphatic carbocycles. The van der Waals surface area contributed by atoms with E-state index in [0.29, 0.717) is 6.42 Å². The fraction of sp³-hybridized carbons (Fsp3) is 1.00. The Balaban J connectivity index is 2.64. The van der Waals surface area contributed by atoms with Crippen LogP contribution in [-0.2, 0) is 0 Å². The van der Waals surface area contributed by atoms with Crippen molar-refractivity contribution in [2.24, 2.45) is 5.92 Å². The van der Waals surface area contributed by atoms with E-state index in [1.54, 1.807) is 6.92 Å². The molecule has 0 radical (unpaired) electrons. The summed E-state index contributed by atoms with van der Waals surface area (Å²) in [7, 11) is -7.43. The normalized spacial score (nSPS) is 31.1. The van der Waals surface area contributed by atoms with Gasteiger partial charge in [-0.2, -0.15) is 0 Å². The van der Waals surface area contributed by atoms with Gasteiger partial charge in [0.1, 0.15) is 0 Å². The van der Waals surface area contributed by atoms with E-state index in [0.717, 1.165) is 6.42 Å². The van der Waals surface area contributed by atoms with Gasteiger partial charge in [0, 0.05) is 0 Å². The van der Waals surface area contributed by atoms with Gasteiger partial charge in [-0.1, -0.05) is 0 Å². The molecule has 74 valence electrons. The first kappa shape index (κ1) is 10.2. The van der Waals surface area contributed by atoms with Crippen molar-refractivity contribution >= 4 is 8.00 Å². The number of nitrogens with zero attached hydrogens (tertiary/aromatic N) is 1. The Morgan fingerprint density at radius 2 is 1.83 bits per heavy atom. The fourth-order valence-corrected chi connectivity index (χ4v) is 2.41. The van der Waals surface area contributed by atoms with Crippen molar-refractivity contribution in [2.75, 3.05) is 13.1 Å². The Labute approximate surface area is 69.2 Å². The van der Waals surface area contributed by atoms with Crippen molar-refractivity contribution in [1.29, 1.82) is 0 Å². The van der Waals surface area contributed by atoms with E-state index in [4.69, 9.17) is 0 Å². The summed E-state index contributed by atoms with van der Waals surface area (Å²) >= 11 is 0. The van der Waals surface area contributed by atoms with Crippen LogP contribution in [0.15, 0.2) is 0 Å². The van der Waals surface area contributed by atoms with Gasteiger partial charge in [0.05, 0.1) is 0 Å². The van der Waals surface area contributed by atoms with E-state index >= 15 is 0 Å². The van der Waals surface area contributed by atoms with Gasteiger partial charge in [0.2, 0.25) is 0 Å². The summed E-state index contributed by atoms with van der Waals surface area (Å²) in [6.45, 7) is 1.38. The summed E-state index contributed by atoms with van der Waals surface area (Å²) in [5.74, 6) is -0.0433. The number of rotatable bonds is 1. The van der Waals surface area contributed by atoms with Gasteiger partial charge in [-0.25, -0.2) is 0 Å². The second-order valence-corrected chi connectivity index (χ2v) is 5.28. The molecule has 1 fully saturated rings. The van der Waals surface area contributed by atoms with Crippen LogP contribution in [0.5, 0.6) is 0 Å². The topological polar surface area (TPSA) is 3.24 Å². The molecule has 6 heteroatoms. The second-order valence-electron chi connectivity index (χ2n) is 3.35. The molecule has 1 nitrogen and oxygen atoms in total. The summed E-state index contributed by atoms with van der Waals surface area (Å²) in [5.41, 5.74) is 0. The number of hydrogen-bond donors (Lipinski definition) is 0. The van der Waals surface area contributed by atoms with E-state index < -0.39 is 8.00 Å². The summed E-state index contributed by atoms with van der Waals surface area (Å²) < 4.78 is 48.9. The van der Waals surface area contributed by atoms with Crippen molar-refractivity contribution in [1.82, 2.24) is 4.67 Å². The number of hydrogen-bond acceptors (Lipinski definition) is 1. The zero-order valence-electron chi connectivity index (χ0n) is 6.81. The fourth-order valence-electron chi connectivity index (χ4n) is 1.44. The van der Waals surface area contributed by atoms with E-state index in [1.165, 1.54) is 0 Å². The molecule has 12 heavy (non-hydrogen) atoms. The van der Waals surface area contributed by atoms with Gasteiger partial charge in [-0.15, -0.1) is 0 Å². The third kappa shape index (κ3) is 2.56. The maximum atomic E-state index is 12.2. The van der Waals surface area contributed by atoms with Crippen molar-refractivity contribution in [3.8, 4) is 0 Å². The molecule has 1 aliphatic rings. The standard InChI is InChI=1S/C6H12F4NP/c1-6-3-2-4-11(5-6)12(7,8,9)10/h6H,2-5H2,1H3. The molecule has 1 saturated heterocycles. The maximum absolute atomic E-state index is 12.2. The van der Waals surface area contributed by atoms with Crippen LogP contribution < -0.4 is 0 Å². The summed E-state index contributed by atoms with van der Waals surface area (Å²) in [6, 6.07) is 0. The monoisotopic (exact) mass is 205 g/mol. The van der Waals surface area contributed by atoms with Crippen LogP contribution in [0, 0.1) is 5.92 Å². The summed E-state index contributed by atoms with van der Waals surface area (Å²) in [5, 5.41) is 0. The van der Waals surface area contributed by atoms with E-state index in [-0.39, 0.29) is 23.7 Å². The van der Waals surface area contributed by atoms with Gasteiger partial charge in [-0.3, -0.25) is 0 Å². The Morgan fingerprint density at radius 3 is 2.17 bits per heavy atom. The van der Waals surface area contributed by atoms with Crippen molar-refractivity contribution in [3.05, 3.63) is 0 Å². The third-order valence-corrected chi connectivity index (χ3v) is 3.28. The van der Waals surface area contributed by atoms with E-state index in [9.17, 15) is 16.8 Å². The van der Waals surface area contributed by atoms with E-state index in [1.807, 2.05) is 0 Å². The second kappa shape index (κ2) is 2.81. The molecule has 0 aromatic carbocycles. The molecule has 1 rings (SSSR count). The quantitative estimate of drug-likeness (QED) is 0.465. The van der Waals surface area contributed by atoms with Crippen molar-refractivity contribution < 1.29 is 16.8 Å². The molecule has 0 amide bonds. The average Bonchev–Trinajstić information content (AvgIpc) is 1.84. The van der Waals surface area contributed by atoms with Crippen LogP contribution in [0.1, 0.15) is 19.8 Å². The predicted molar refractivity (Wildman–Crippen MR) is 41.3 cm³/mol. The number of halogens is 4. The summed E-state index contributed by atoms with van der Waals surface area (Å²) in [4.78, 5) is 0. The molecule has 1 unspecified atom stereocenters. The predicted octanol–water partition coefficient (Wildman–Crippen LogP) is 3.72. The van der Waals surface area contributed by atoms with Gasteiger partial charge in [-0.05, 0) is 0 Å². The van der Waals surface area contributed by atoms with E-state index in [2.05, 4.69) is 0 Å². The summed E-state index contributed by atoms with van der Waals surface area (Å²) in [6.07, 6.45) is 1.21. The Morgan fingerprint density at radius 1 is 1.25 bits per heavy atom. The molecule has 1 aliphatic heterocycles. The zero-order chi connectivity index (χ0) is 9.43. The molecule has 0 spiro atoms. The molecule has 0 N–H and O–H groups in total. The first-order chi connectivity index (χ1) is 5.26. The third-order valence-electron chi connectivity index (χ3n) is 2.06. The molecular weight excluding hydrogens is 193 g/mol. The van der Waals surface area contributed by atoms with Gasteiger partial charge in [0.15, 0.2) is 0 Å². The molecule has 0 aromatic heterocycles. The first-order valence-corrected chi connectivity index (χ1v) is 5.65. The average molecular weight is 205 g/mol. The van der Waals surface area contributed by atoms with Crippen LogP contribution in [0.4, 0.5) is 16.8 Å². The molecule has 1 heterocycles. The minimum absolute atomic E-state index is 0.0433. The first-order valence-electron chi connectivity index (χ1n) is 3.90. The van der Waals surface area contributed by atoms with Crippen molar-refractivity contribution in [3.63, 3.8) is 0 Å². The van der Waals surface area contributed by atoms with Crippen LogP contribution in [0.2, 0.25) is 0 Å². The molecular formula is C6H12F4NP. The van der Waals surface area contributed by atoms with Gasteiger partial charge >= 0.3 is 68.2 Å². The Bertz CT molecular complexity index is 169. The molecule has 0 bridgehead atoms. The minimum atomic E-state index is -7.43. The van der Waals surface area contributed by atoms with Crippen LogP contribution >= 0.6 is 8.00 Å². The molecule has 0 saturated carbocycles. The molecule has 1 atom stereocenters. The SMILES string of the molecule is CC1CCCN(P(F)(F)(F)F)C1. The number of piperidine rings is 1. The van der Waals surface area contributed by atoms with Gasteiger partial charge in [0.25, 0.3) is 0 Å².